The third-order valence-electron chi connectivity index (χ3n) is 4.96. The normalized spacial score (nSPS) is 14.2. The van der Waals surface area contributed by atoms with E-state index in [1.165, 1.54) is 4.90 Å². The van der Waals surface area contributed by atoms with E-state index in [-0.39, 0.29) is 30.2 Å². The van der Waals surface area contributed by atoms with Gasteiger partial charge in [-0.1, -0.05) is 30.3 Å². The van der Waals surface area contributed by atoms with E-state index >= 15 is 0 Å². The van der Waals surface area contributed by atoms with E-state index in [0.29, 0.717) is 23.2 Å². The van der Waals surface area contributed by atoms with Gasteiger partial charge in [0, 0.05) is 24.0 Å². The topological polar surface area (TPSA) is 79.4 Å². The zero-order valence-electron chi connectivity index (χ0n) is 15.4. The molecule has 0 bridgehead atoms. The van der Waals surface area contributed by atoms with Gasteiger partial charge in [0.05, 0.1) is 22.3 Å². The Bertz CT molecular complexity index is 1050. The first-order valence-electron chi connectivity index (χ1n) is 9.17. The van der Waals surface area contributed by atoms with Crippen LogP contribution in [0.15, 0.2) is 60.8 Å². The second-order valence-electron chi connectivity index (χ2n) is 6.84. The lowest BCUT2D eigenvalue weighted by molar-refractivity contribution is -0.116. The van der Waals surface area contributed by atoms with Crippen LogP contribution in [0.25, 0.3) is 10.9 Å². The average Bonchev–Trinajstić information content (AvgIpc) is 2.97. The van der Waals surface area contributed by atoms with Crippen molar-refractivity contribution in [2.75, 3.05) is 5.32 Å². The minimum absolute atomic E-state index is 0.179. The molecule has 0 fully saturated rings. The summed E-state index contributed by atoms with van der Waals surface area (Å²) < 4.78 is 0. The van der Waals surface area contributed by atoms with Crippen LogP contribution in [-0.2, 0) is 4.79 Å². The molecule has 0 saturated heterocycles. The number of benzene rings is 2. The van der Waals surface area contributed by atoms with Crippen LogP contribution in [0.1, 0.15) is 40.5 Å². The Hall–Kier alpha value is -3.54. The highest BCUT2D eigenvalue weighted by Gasteiger charge is 2.37. The first kappa shape index (κ1) is 17.9. The van der Waals surface area contributed by atoms with Gasteiger partial charge in [0.15, 0.2) is 0 Å². The summed E-state index contributed by atoms with van der Waals surface area (Å²) in [6, 6.07) is 15.8. The van der Waals surface area contributed by atoms with Gasteiger partial charge in [0.25, 0.3) is 11.8 Å². The first-order valence-corrected chi connectivity index (χ1v) is 9.17. The van der Waals surface area contributed by atoms with Gasteiger partial charge < -0.3 is 5.32 Å². The lowest BCUT2D eigenvalue weighted by Gasteiger charge is -2.22. The van der Waals surface area contributed by atoms with E-state index in [0.717, 1.165) is 10.9 Å². The molecule has 1 unspecified atom stereocenters. The Labute approximate surface area is 162 Å². The average molecular weight is 373 g/mol. The lowest BCUT2D eigenvalue weighted by Crippen LogP contribution is -2.38. The largest absolute Gasteiger partial charge is 0.324 e. The number of fused-ring (bicyclic) bond motifs is 2. The van der Waals surface area contributed by atoms with Crippen LogP contribution in [0.4, 0.5) is 5.69 Å². The Kier molecular flexibility index (Phi) is 4.61. The number of pyridine rings is 1. The second kappa shape index (κ2) is 7.23. The molecule has 2 aromatic carbocycles. The van der Waals surface area contributed by atoms with Gasteiger partial charge >= 0.3 is 0 Å². The van der Waals surface area contributed by atoms with Gasteiger partial charge in [-0.25, -0.2) is 0 Å². The zero-order valence-corrected chi connectivity index (χ0v) is 15.4. The third-order valence-corrected chi connectivity index (χ3v) is 4.96. The molecule has 1 aliphatic rings. The summed E-state index contributed by atoms with van der Waals surface area (Å²) in [7, 11) is 0. The molecule has 0 saturated carbocycles. The molecule has 140 valence electrons. The number of hydrogen-bond acceptors (Lipinski definition) is 4. The number of nitrogens with one attached hydrogen (secondary N) is 1. The van der Waals surface area contributed by atoms with Crippen LogP contribution in [-0.4, -0.2) is 33.6 Å². The molecule has 0 radical (unpaired) electrons. The maximum absolute atomic E-state index is 12.5. The molecular weight excluding hydrogens is 354 g/mol. The highest BCUT2D eigenvalue weighted by Crippen LogP contribution is 2.26. The van der Waals surface area contributed by atoms with E-state index < -0.39 is 0 Å². The summed E-state index contributed by atoms with van der Waals surface area (Å²) in [6.07, 6.45) is 2.26. The van der Waals surface area contributed by atoms with E-state index in [1.54, 1.807) is 43.5 Å². The summed E-state index contributed by atoms with van der Waals surface area (Å²) in [6.45, 7) is 1.79. The summed E-state index contributed by atoms with van der Waals surface area (Å²) in [5, 5.41) is 3.82. The molecule has 1 atom stereocenters. The zero-order chi connectivity index (χ0) is 19.7. The highest BCUT2D eigenvalue weighted by atomic mass is 16.2. The molecule has 6 heteroatoms. The van der Waals surface area contributed by atoms with Crippen molar-refractivity contribution in [1.29, 1.82) is 0 Å². The number of carbonyl (C=O) groups excluding carboxylic acids is 3. The third kappa shape index (κ3) is 3.13. The smallest absolute Gasteiger partial charge is 0.261 e. The molecule has 6 nitrogen and oxygen atoms in total. The quantitative estimate of drug-likeness (QED) is 0.693. The summed E-state index contributed by atoms with van der Waals surface area (Å²) in [5.41, 5.74) is 2.22. The van der Waals surface area contributed by atoms with Crippen molar-refractivity contribution in [3.8, 4) is 0 Å². The fourth-order valence-corrected chi connectivity index (χ4v) is 3.50. The first-order chi connectivity index (χ1) is 13.6. The monoisotopic (exact) mass is 373 g/mol. The summed E-state index contributed by atoms with van der Waals surface area (Å²) in [5.74, 6) is -0.778. The Morgan fingerprint density at radius 3 is 2.39 bits per heavy atom. The fourth-order valence-electron chi connectivity index (χ4n) is 3.50. The van der Waals surface area contributed by atoms with Gasteiger partial charge in [-0.3, -0.25) is 24.3 Å². The highest BCUT2D eigenvalue weighted by molar-refractivity contribution is 6.21. The van der Waals surface area contributed by atoms with E-state index in [2.05, 4.69) is 10.3 Å². The molecule has 1 aliphatic heterocycles. The predicted octanol–water partition coefficient (Wildman–Crippen LogP) is 3.64. The molecule has 1 N–H and O–H groups in total. The van der Waals surface area contributed by atoms with Crippen molar-refractivity contribution in [3.63, 3.8) is 0 Å². The number of hydrogen-bond donors (Lipinski definition) is 1. The standard InChI is InChI=1S/C22H19N3O3/c1-14(25-21(27)16-8-2-3-9-17(16)22(25)28)11-12-19(26)24-18-10-4-6-15-7-5-13-23-20(15)18/h2-10,13-14H,11-12H2,1H3,(H,24,26). The van der Waals surface area contributed by atoms with E-state index in [1.807, 2.05) is 24.3 Å². The van der Waals surface area contributed by atoms with E-state index in [4.69, 9.17) is 0 Å². The van der Waals surface area contributed by atoms with Crippen molar-refractivity contribution >= 4 is 34.3 Å². The van der Waals surface area contributed by atoms with Crippen LogP contribution < -0.4 is 5.32 Å². The van der Waals surface area contributed by atoms with E-state index in [9.17, 15) is 14.4 Å². The van der Waals surface area contributed by atoms with Crippen LogP contribution in [0.5, 0.6) is 0 Å². The Balaban J connectivity index is 1.41. The number of carbonyl (C=O) groups is 3. The van der Waals surface area contributed by atoms with Crippen molar-refractivity contribution in [2.24, 2.45) is 0 Å². The molecule has 3 aromatic rings. The predicted molar refractivity (Wildman–Crippen MR) is 106 cm³/mol. The Morgan fingerprint density at radius 2 is 1.68 bits per heavy atom. The molecular formula is C22H19N3O3. The van der Waals surface area contributed by atoms with Crippen molar-refractivity contribution in [1.82, 2.24) is 9.88 Å². The number of nitrogens with zero attached hydrogens (tertiary/aromatic N) is 2. The molecule has 28 heavy (non-hydrogen) atoms. The number of imide groups is 1. The number of aromatic nitrogens is 1. The van der Waals surface area contributed by atoms with Crippen LogP contribution in [0.3, 0.4) is 0 Å². The number of para-hydroxylation sites is 1. The van der Waals surface area contributed by atoms with Gasteiger partial charge in [0.1, 0.15) is 0 Å². The maximum Gasteiger partial charge on any atom is 0.261 e. The molecule has 0 spiro atoms. The molecule has 3 amide bonds. The van der Waals surface area contributed by atoms with Gasteiger partial charge in [-0.15, -0.1) is 0 Å². The second-order valence-corrected chi connectivity index (χ2v) is 6.84. The number of amides is 3. The van der Waals surface area contributed by atoms with Gasteiger partial charge in [-0.05, 0) is 37.6 Å². The summed E-state index contributed by atoms with van der Waals surface area (Å²) in [4.78, 5) is 43.1. The lowest BCUT2D eigenvalue weighted by atomic mass is 10.1. The minimum atomic E-state index is -0.371. The molecule has 2 heterocycles. The maximum atomic E-state index is 12.5. The van der Waals surface area contributed by atoms with Crippen LogP contribution in [0, 0.1) is 0 Å². The minimum Gasteiger partial charge on any atom is -0.324 e. The van der Waals surface area contributed by atoms with Crippen LogP contribution >= 0.6 is 0 Å². The van der Waals surface area contributed by atoms with Gasteiger partial charge in [0.2, 0.25) is 5.91 Å². The number of rotatable bonds is 5. The molecule has 4 rings (SSSR count). The van der Waals surface area contributed by atoms with Gasteiger partial charge in [-0.2, -0.15) is 0 Å². The SMILES string of the molecule is CC(CCC(=O)Nc1cccc2cccnc12)N1C(=O)c2ccccc2C1=O. The molecule has 1 aromatic heterocycles. The summed E-state index contributed by atoms with van der Waals surface area (Å²) >= 11 is 0. The number of anilines is 1. The van der Waals surface area contributed by atoms with Crippen molar-refractivity contribution in [2.45, 2.75) is 25.8 Å². The fraction of sp³-hybridized carbons (Fsp3) is 0.182. The van der Waals surface area contributed by atoms with Crippen LogP contribution in [0.2, 0.25) is 0 Å². The Morgan fingerprint density at radius 1 is 1.00 bits per heavy atom. The molecule has 0 aliphatic carbocycles. The van der Waals surface area contributed by atoms with Crippen molar-refractivity contribution in [3.05, 3.63) is 71.9 Å². The van der Waals surface area contributed by atoms with Crippen molar-refractivity contribution < 1.29 is 14.4 Å².